The van der Waals surface area contributed by atoms with Crippen molar-refractivity contribution in [2.75, 3.05) is 19.5 Å². The Kier molecular flexibility index (Phi) is 4.66. The molecule has 7 heteroatoms. The van der Waals surface area contributed by atoms with E-state index in [1.54, 1.807) is 0 Å². The minimum Gasteiger partial charge on any atom is -0.496 e. The predicted octanol–water partition coefficient (Wildman–Crippen LogP) is 3.62. The maximum atomic E-state index is 12.9. The molecular formula is C14H15ClF3NO2. The molecule has 0 bridgehead atoms. The molecule has 1 fully saturated rings. The van der Waals surface area contributed by atoms with E-state index in [0.717, 1.165) is 18.6 Å². The lowest BCUT2D eigenvalue weighted by atomic mass is 10.00. The first-order valence-corrected chi connectivity index (χ1v) is 7.02. The third-order valence-corrected chi connectivity index (χ3v) is 3.83. The van der Waals surface area contributed by atoms with Crippen LogP contribution >= 0.6 is 11.6 Å². The van der Waals surface area contributed by atoms with Crippen molar-refractivity contribution in [3.8, 4) is 5.75 Å². The highest BCUT2D eigenvalue weighted by molar-refractivity contribution is 6.27. The number of nitrogens with zero attached hydrogens (tertiary/aromatic N) is 1. The fourth-order valence-electron chi connectivity index (χ4n) is 2.64. The highest BCUT2D eigenvalue weighted by Crippen LogP contribution is 2.40. The molecule has 0 radical (unpaired) electrons. The van der Waals surface area contributed by atoms with Crippen LogP contribution in [0.4, 0.5) is 13.2 Å². The number of carbonyl (C=O) groups is 1. The summed E-state index contributed by atoms with van der Waals surface area (Å²) in [6, 6.07) is 2.90. The Labute approximate surface area is 125 Å². The number of ether oxygens (including phenoxy) is 1. The van der Waals surface area contributed by atoms with Crippen LogP contribution in [0.3, 0.4) is 0 Å². The Morgan fingerprint density at radius 2 is 2.19 bits per heavy atom. The van der Waals surface area contributed by atoms with E-state index < -0.39 is 17.8 Å². The van der Waals surface area contributed by atoms with Crippen LogP contribution in [-0.4, -0.2) is 30.3 Å². The number of hydrogen-bond acceptors (Lipinski definition) is 2. The van der Waals surface area contributed by atoms with Gasteiger partial charge in [-0.05, 0) is 31.0 Å². The SMILES string of the molecule is COc1ccc(C(F)(F)F)cc1C1CCCN1C(=O)CCl. The average molecular weight is 322 g/mol. The van der Waals surface area contributed by atoms with Crippen molar-refractivity contribution in [3.63, 3.8) is 0 Å². The third kappa shape index (κ3) is 3.26. The summed E-state index contributed by atoms with van der Waals surface area (Å²) < 4.78 is 43.8. The number of amides is 1. The molecule has 116 valence electrons. The van der Waals surface area contributed by atoms with Crippen LogP contribution in [0.25, 0.3) is 0 Å². The van der Waals surface area contributed by atoms with Crippen molar-refractivity contribution in [1.29, 1.82) is 0 Å². The van der Waals surface area contributed by atoms with Gasteiger partial charge in [0.05, 0.1) is 18.7 Å². The number of carbonyl (C=O) groups excluding carboxylic acids is 1. The normalized spacial score (nSPS) is 18.9. The van der Waals surface area contributed by atoms with Crippen LogP contribution in [0.15, 0.2) is 18.2 Å². The van der Waals surface area contributed by atoms with Gasteiger partial charge in [0.25, 0.3) is 0 Å². The summed E-state index contributed by atoms with van der Waals surface area (Å²) in [5.41, 5.74) is -0.369. The van der Waals surface area contributed by atoms with Crippen LogP contribution in [-0.2, 0) is 11.0 Å². The molecule has 3 nitrogen and oxygen atoms in total. The van der Waals surface area contributed by atoms with Gasteiger partial charge in [0.15, 0.2) is 0 Å². The molecule has 1 atom stereocenters. The van der Waals surface area contributed by atoms with Gasteiger partial charge in [0, 0.05) is 12.1 Å². The number of halogens is 4. The highest BCUT2D eigenvalue weighted by atomic mass is 35.5. The van der Waals surface area contributed by atoms with Gasteiger partial charge in [-0.1, -0.05) is 0 Å². The molecular weight excluding hydrogens is 307 g/mol. The van der Waals surface area contributed by atoms with Crippen molar-refractivity contribution in [1.82, 2.24) is 4.90 Å². The molecule has 0 N–H and O–H groups in total. The van der Waals surface area contributed by atoms with Gasteiger partial charge in [-0.15, -0.1) is 11.6 Å². The lowest BCUT2D eigenvalue weighted by molar-refractivity contribution is -0.137. The number of hydrogen-bond donors (Lipinski definition) is 0. The van der Waals surface area contributed by atoms with Crippen LogP contribution < -0.4 is 4.74 Å². The first-order valence-electron chi connectivity index (χ1n) is 6.49. The second-order valence-corrected chi connectivity index (χ2v) is 5.10. The lowest BCUT2D eigenvalue weighted by Gasteiger charge is -2.26. The quantitative estimate of drug-likeness (QED) is 0.796. The molecule has 0 aliphatic carbocycles. The lowest BCUT2D eigenvalue weighted by Crippen LogP contribution is -2.31. The van der Waals surface area contributed by atoms with Gasteiger partial charge >= 0.3 is 6.18 Å². The number of methoxy groups -OCH3 is 1. The average Bonchev–Trinajstić information content (AvgIpc) is 2.94. The van der Waals surface area contributed by atoms with E-state index in [-0.39, 0.29) is 11.8 Å². The van der Waals surface area contributed by atoms with Gasteiger partial charge in [-0.25, -0.2) is 0 Å². The zero-order valence-electron chi connectivity index (χ0n) is 11.4. The zero-order chi connectivity index (χ0) is 15.6. The van der Waals surface area contributed by atoms with E-state index in [9.17, 15) is 18.0 Å². The van der Waals surface area contributed by atoms with Crippen molar-refractivity contribution < 1.29 is 22.7 Å². The summed E-state index contributed by atoms with van der Waals surface area (Å²) in [5, 5.41) is 0. The summed E-state index contributed by atoms with van der Waals surface area (Å²) in [5.74, 6) is -0.112. The van der Waals surface area contributed by atoms with E-state index in [0.29, 0.717) is 24.3 Å². The van der Waals surface area contributed by atoms with E-state index in [1.165, 1.54) is 18.1 Å². The van der Waals surface area contributed by atoms with Gasteiger partial charge in [-0.2, -0.15) is 13.2 Å². The minimum absolute atomic E-state index is 0.183. The topological polar surface area (TPSA) is 29.5 Å². The molecule has 1 aromatic carbocycles. The first-order chi connectivity index (χ1) is 9.88. The van der Waals surface area contributed by atoms with E-state index in [2.05, 4.69) is 0 Å². The van der Waals surface area contributed by atoms with Crippen molar-refractivity contribution >= 4 is 17.5 Å². The minimum atomic E-state index is -4.43. The maximum Gasteiger partial charge on any atom is 0.416 e. The van der Waals surface area contributed by atoms with E-state index in [1.807, 2.05) is 0 Å². The summed E-state index contributed by atoms with van der Waals surface area (Å²) in [4.78, 5) is 13.3. The molecule has 1 saturated heterocycles. The van der Waals surface area contributed by atoms with Gasteiger partial charge in [0.1, 0.15) is 11.6 Å². The second kappa shape index (κ2) is 6.13. The number of likely N-dealkylation sites (tertiary alicyclic amines) is 1. The highest BCUT2D eigenvalue weighted by Gasteiger charge is 2.35. The fraction of sp³-hybridized carbons (Fsp3) is 0.500. The van der Waals surface area contributed by atoms with Gasteiger partial charge in [0.2, 0.25) is 5.91 Å². The summed E-state index contributed by atoms with van der Waals surface area (Å²) >= 11 is 5.56. The molecule has 1 aromatic rings. The molecule has 21 heavy (non-hydrogen) atoms. The molecule has 0 spiro atoms. The van der Waals surface area contributed by atoms with Gasteiger partial charge in [-0.3, -0.25) is 4.79 Å². The molecule has 1 amide bonds. The molecule has 0 saturated carbocycles. The van der Waals surface area contributed by atoms with Crippen LogP contribution in [0.5, 0.6) is 5.75 Å². The molecule has 2 rings (SSSR count). The standard InChI is InChI=1S/C14H15ClF3NO2/c1-21-12-5-4-9(14(16,17)18)7-10(12)11-3-2-6-19(11)13(20)8-15/h4-5,7,11H,2-3,6,8H2,1H3. The van der Waals surface area contributed by atoms with Crippen molar-refractivity contribution in [2.45, 2.75) is 25.1 Å². The summed E-state index contributed by atoms with van der Waals surface area (Å²) in [7, 11) is 1.40. The first kappa shape index (κ1) is 15.9. The molecule has 1 unspecified atom stereocenters. The summed E-state index contributed by atoms with van der Waals surface area (Å²) in [6.45, 7) is 0.496. The van der Waals surface area contributed by atoms with Crippen LogP contribution in [0.2, 0.25) is 0 Å². The Balaban J connectivity index is 2.43. The number of benzene rings is 1. The van der Waals surface area contributed by atoms with Crippen molar-refractivity contribution in [3.05, 3.63) is 29.3 Å². The van der Waals surface area contributed by atoms with Gasteiger partial charge < -0.3 is 9.64 Å². The third-order valence-electron chi connectivity index (χ3n) is 3.60. The van der Waals surface area contributed by atoms with Crippen LogP contribution in [0, 0.1) is 0 Å². The van der Waals surface area contributed by atoms with E-state index >= 15 is 0 Å². The Bertz CT molecular complexity index is 533. The molecule has 1 aliphatic rings. The molecule has 0 aromatic heterocycles. The monoisotopic (exact) mass is 321 g/mol. The molecule has 1 heterocycles. The Hall–Kier alpha value is -1.43. The van der Waals surface area contributed by atoms with Crippen molar-refractivity contribution in [2.24, 2.45) is 0 Å². The second-order valence-electron chi connectivity index (χ2n) is 4.83. The van der Waals surface area contributed by atoms with Crippen LogP contribution in [0.1, 0.15) is 30.0 Å². The zero-order valence-corrected chi connectivity index (χ0v) is 12.2. The number of rotatable bonds is 3. The fourth-order valence-corrected chi connectivity index (χ4v) is 2.79. The van der Waals surface area contributed by atoms with E-state index in [4.69, 9.17) is 16.3 Å². The predicted molar refractivity (Wildman–Crippen MR) is 72.4 cm³/mol. The maximum absolute atomic E-state index is 12.9. The largest absolute Gasteiger partial charge is 0.496 e. The molecule has 1 aliphatic heterocycles. The Morgan fingerprint density at radius 3 is 2.76 bits per heavy atom. The number of alkyl halides is 4. The summed E-state index contributed by atoms with van der Waals surface area (Å²) in [6.07, 6.45) is -3.10. The smallest absolute Gasteiger partial charge is 0.416 e. The Morgan fingerprint density at radius 1 is 1.48 bits per heavy atom.